The van der Waals surface area contributed by atoms with E-state index in [4.69, 9.17) is 0 Å². The van der Waals surface area contributed by atoms with Gasteiger partial charge in [-0.15, -0.1) is 0 Å². The van der Waals surface area contributed by atoms with Crippen molar-refractivity contribution in [2.75, 3.05) is 0 Å². The highest BCUT2D eigenvalue weighted by Gasteiger charge is 2.15. The van der Waals surface area contributed by atoms with Crippen LogP contribution >= 0.6 is 0 Å². The van der Waals surface area contributed by atoms with E-state index in [1.54, 1.807) is 12.7 Å². The lowest BCUT2D eigenvalue weighted by atomic mass is 9.89. The van der Waals surface area contributed by atoms with E-state index in [0.29, 0.717) is 0 Å². The summed E-state index contributed by atoms with van der Waals surface area (Å²) in [5, 5.41) is 0. The molecule has 0 atom stereocenters. The fraction of sp³-hybridized carbons (Fsp3) is 0.400. The summed E-state index contributed by atoms with van der Waals surface area (Å²) < 4.78 is 1.95. The van der Waals surface area contributed by atoms with Crippen molar-refractivity contribution in [2.45, 2.75) is 26.2 Å². The molecule has 0 saturated carbocycles. The van der Waals surface area contributed by atoms with Crippen LogP contribution in [0.2, 0.25) is 0 Å². The van der Waals surface area contributed by atoms with Crippen molar-refractivity contribution in [3.63, 3.8) is 0 Å². The maximum Gasteiger partial charge on any atom is 0.139 e. The van der Waals surface area contributed by atoms with Gasteiger partial charge in [0.2, 0.25) is 0 Å². The van der Waals surface area contributed by atoms with Crippen LogP contribution in [0.15, 0.2) is 24.9 Å². The first kappa shape index (κ1) is 8.23. The third-order valence-electron chi connectivity index (χ3n) is 2.14. The van der Waals surface area contributed by atoms with Crippen molar-refractivity contribution < 1.29 is 0 Å². The summed E-state index contributed by atoms with van der Waals surface area (Å²) >= 11 is 0. The summed E-state index contributed by atoms with van der Waals surface area (Å²) in [7, 11) is 0. The van der Waals surface area contributed by atoms with Gasteiger partial charge in [-0.3, -0.25) is 4.40 Å². The van der Waals surface area contributed by atoms with E-state index < -0.39 is 0 Å². The SMILES string of the molecule is CC(C)(C)c1cc2ncncn2c1. The molecule has 3 heteroatoms. The molecular formula is C10H13N3. The molecule has 0 aliphatic carbocycles. The zero-order valence-corrected chi connectivity index (χ0v) is 8.15. The summed E-state index contributed by atoms with van der Waals surface area (Å²) in [6.45, 7) is 6.57. The topological polar surface area (TPSA) is 30.2 Å². The van der Waals surface area contributed by atoms with Crippen molar-refractivity contribution in [1.82, 2.24) is 14.4 Å². The van der Waals surface area contributed by atoms with Crippen LogP contribution in [0.25, 0.3) is 5.65 Å². The van der Waals surface area contributed by atoms with Crippen molar-refractivity contribution >= 4 is 5.65 Å². The predicted octanol–water partition coefficient (Wildman–Crippen LogP) is 2.03. The summed E-state index contributed by atoms with van der Waals surface area (Å²) in [6.07, 6.45) is 5.43. The lowest BCUT2D eigenvalue weighted by molar-refractivity contribution is 0.590. The molecule has 0 amide bonds. The maximum absolute atomic E-state index is 4.17. The molecule has 2 rings (SSSR count). The van der Waals surface area contributed by atoms with Gasteiger partial charge < -0.3 is 0 Å². The van der Waals surface area contributed by atoms with E-state index in [1.165, 1.54) is 5.56 Å². The molecule has 0 spiro atoms. The Balaban J connectivity index is 2.63. The minimum Gasteiger partial charge on any atom is -0.292 e. The molecule has 2 aromatic rings. The fourth-order valence-electron chi connectivity index (χ4n) is 1.27. The summed E-state index contributed by atoms with van der Waals surface area (Å²) in [6, 6.07) is 2.10. The minimum absolute atomic E-state index is 0.174. The third kappa shape index (κ3) is 1.41. The highest BCUT2D eigenvalue weighted by molar-refractivity contribution is 5.43. The van der Waals surface area contributed by atoms with Gasteiger partial charge in [-0.1, -0.05) is 20.8 Å². The average molecular weight is 175 g/mol. The molecule has 13 heavy (non-hydrogen) atoms. The molecule has 0 aliphatic heterocycles. The summed E-state index contributed by atoms with van der Waals surface area (Å²) in [5.41, 5.74) is 2.42. The Labute approximate surface area is 77.4 Å². The molecule has 0 radical (unpaired) electrons. The molecule has 68 valence electrons. The number of fused-ring (bicyclic) bond motifs is 1. The number of hydrogen-bond acceptors (Lipinski definition) is 2. The first-order valence-electron chi connectivity index (χ1n) is 4.35. The lowest BCUT2D eigenvalue weighted by Crippen LogP contribution is -2.09. The molecule has 2 aromatic heterocycles. The van der Waals surface area contributed by atoms with Crippen LogP contribution in [0, 0.1) is 0 Å². The highest BCUT2D eigenvalue weighted by Crippen LogP contribution is 2.23. The molecule has 0 bridgehead atoms. The number of nitrogens with zero attached hydrogens (tertiary/aromatic N) is 3. The Hall–Kier alpha value is -1.38. The zero-order valence-electron chi connectivity index (χ0n) is 8.15. The molecule has 0 aliphatic rings. The fourth-order valence-corrected chi connectivity index (χ4v) is 1.27. The van der Waals surface area contributed by atoms with Crippen LogP contribution < -0.4 is 0 Å². The van der Waals surface area contributed by atoms with Crippen LogP contribution in [0.1, 0.15) is 26.3 Å². The normalized spacial score (nSPS) is 12.2. The second-order valence-electron chi connectivity index (χ2n) is 4.25. The monoisotopic (exact) mass is 175 g/mol. The van der Waals surface area contributed by atoms with Gasteiger partial charge in [0.05, 0.1) is 0 Å². The van der Waals surface area contributed by atoms with Gasteiger partial charge in [0.15, 0.2) is 0 Å². The molecule has 0 N–H and O–H groups in total. The predicted molar refractivity (Wildman–Crippen MR) is 51.7 cm³/mol. The van der Waals surface area contributed by atoms with E-state index in [1.807, 2.05) is 4.40 Å². The van der Waals surface area contributed by atoms with Gasteiger partial charge in [-0.25, -0.2) is 9.97 Å². The van der Waals surface area contributed by atoms with Crippen LogP contribution in [0.3, 0.4) is 0 Å². The van der Waals surface area contributed by atoms with Crippen LogP contribution in [0.5, 0.6) is 0 Å². The number of rotatable bonds is 0. The molecular weight excluding hydrogens is 162 g/mol. The Bertz CT molecular complexity index is 390. The van der Waals surface area contributed by atoms with Gasteiger partial charge in [0, 0.05) is 6.20 Å². The Kier molecular flexibility index (Phi) is 1.62. The van der Waals surface area contributed by atoms with Crippen LogP contribution in [0.4, 0.5) is 0 Å². The quantitative estimate of drug-likeness (QED) is 0.613. The highest BCUT2D eigenvalue weighted by atomic mass is 15.0. The standard InChI is InChI=1S/C10H13N3/c1-10(2,3)8-4-9-12-6-11-7-13(9)5-8/h4-7H,1-3H3. The smallest absolute Gasteiger partial charge is 0.139 e. The number of hydrogen-bond donors (Lipinski definition) is 0. The van der Waals surface area contributed by atoms with Crippen molar-refractivity contribution in [3.05, 3.63) is 30.5 Å². The molecule has 0 aromatic carbocycles. The van der Waals surface area contributed by atoms with Crippen molar-refractivity contribution in [1.29, 1.82) is 0 Å². The largest absolute Gasteiger partial charge is 0.292 e. The van der Waals surface area contributed by atoms with Crippen LogP contribution in [-0.4, -0.2) is 14.4 Å². The van der Waals surface area contributed by atoms with Gasteiger partial charge in [-0.2, -0.15) is 0 Å². The van der Waals surface area contributed by atoms with Gasteiger partial charge in [0.25, 0.3) is 0 Å². The molecule has 2 heterocycles. The van der Waals surface area contributed by atoms with Gasteiger partial charge >= 0.3 is 0 Å². The Morgan fingerprint density at radius 1 is 1.31 bits per heavy atom. The number of aromatic nitrogens is 3. The van der Waals surface area contributed by atoms with E-state index in [0.717, 1.165) is 5.65 Å². The lowest BCUT2D eigenvalue weighted by Gasteiger charge is -2.15. The molecule has 0 fully saturated rings. The van der Waals surface area contributed by atoms with E-state index in [2.05, 4.69) is 43.0 Å². The molecule has 3 nitrogen and oxygen atoms in total. The van der Waals surface area contributed by atoms with E-state index in [-0.39, 0.29) is 5.41 Å². The Morgan fingerprint density at radius 2 is 2.08 bits per heavy atom. The van der Waals surface area contributed by atoms with Crippen molar-refractivity contribution in [2.24, 2.45) is 0 Å². The van der Waals surface area contributed by atoms with Crippen molar-refractivity contribution in [3.8, 4) is 0 Å². The maximum atomic E-state index is 4.17. The third-order valence-corrected chi connectivity index (χ3v) is 2.14. The second kappa shape index (κ2) is 2.55. The minimum atomic E-state index is 0.174. The molecule has 0 saturated heterocycles. The first-order chi connectivity index (χ1) is 6.07. The first-order valence-corrected chi connectivity index (χ1v) is 4.35. The molecule has 0 unspecified atom stereocenters. The average Bonchev–Trinajstić information content (AvgIpc) is 2.45. The Morgan fingerprint density at radius 3 is 2.69 bits per heavy atom. The summed E-state index contributed by atoms with van der Waals surface area (Å²) in [4.78, 5) is 8.13. The van der Waals surface area contributed by atoms with Gasteiger partial charge in [-0.05, 0) is 17.0 Å². The van der Waals surface area contributed by atoms with E-state index >= 15 is 0 Å². The summed E-state index contributed by atoms with van der Waals surface area (Å²) in [5.74, 6) is 0. The van der Waals surface area contributed by atoms with Crippen LogP contribution in [-0.2, 0) is 5.41 Å². The second-order valence-corrected chi connectivity index (χ2v) is 4.25. The van der Waals surface area contributed by atoms with E-state index in [9.17, 15) is 0 Å². The van der Waals surface area contributed by atoms with Gasteiger partial charge in [0.1, 0.15) is 18.3 Å². The zero-order chi connectivity index (χ0) is 9.47.